The lowest BCUT2D eigenvalue weighted by Gasteiger charge is -2.38. The number of nitrogens with one attached hydrogen (secondary N) is 1. The molecule has 2 rings (SSSR count). The average molecular weight is 225 g/mol. The van der Waals surface area contributed by atoms with Crippen molar-refractivity contribution in [1.82, 2.24) is 15.1 Å². The zero-order valence-electron chi connectivity index (χ0n) is 10.4. The summed E-state index contributed by atoms with van der Waals surface area (Å²) >= 11 is 0. The van der Waals surface area contributed by atoms with Crippen molar-refractivity contribution >= 4 is 5.91 Å². The van der Waals surface area contributed by atoms with E-state index in [4.69, 9.17) is 0 Å². The second kappa shape index (κ2) is 5.15. The molecule has 0 aromatic heterocycles. The molecule has 2 heterocycles. The molecule has 92 valence electrons. The van der Waals surface area contributed by atoms with Gasteiger partial charge >= 0.3 is 0 Å². The molecule has 0 aromatic rings. The Hall–Kier alpha value is -0.610. The smallest absolute Gasteiger partial charge is 0.238 e. The summed E-state index contributed by atoms with van der Waals surface area (Å²) in [5.41, 5.74) is 0. The third-order valence-electron chi connectivity index (χ3n) is 3.76. The molecule has 1 unspecified atom stereocenters. The third-order valence-corrected chi connectivity index (χ3v) is 3.76. The number of rotatable bonds is 3. The summed E-state index contributed by atoms with van der Waals surface area (Å²) < 4.78 is 0. The van der Waals surface area contributed by atoms with Crippen molar-refractivity contribution in [3.8, 4) is 0 Å². The molecular weight excluding hydrogens is 202 g/mol. The fourth-order valence-corrected chi connectivity index (χ4v) is 2.81. The van der Waals surface area contributed by atoms with Crippen molar-refractivity contribution in [3.05, 3.63) is 0 Å². The van der Waals surface area contributed by atoms with Gasteiger partial charge < -0.3 is 9.80 Å². The number of carbonyl (C=O) groups is 1. The van der Waals surface area contributed by atoms with Gasteiger partial charge in [-0.05, 0) is 39.4 Å². The highest BCUT2D eigenvalue weighted by atomic mass is 16.2. The Morgan fingerprint density at radius 3 is 2.69 bits per heavy atom. The lowest BCUT2D eigenvalue weighted by Crippen LogP contribution is -2.49. The highest BCUT2D eigenvalue weighted by molar-refractivity contribution is 5.81. The zero-order valence-corrected chi connectivity index (χ0v) is 10.4. The Morgan fingerprint density at radius 2 is 2.06 bits per heavy atom. The summed E-state index contributed by atoms with van der Waals surface area (Å²) in [6.07, 6.45) is 4.77. The molecule has 0 spiro atoms. The van der Waals surface area contributed by atoms with Crippen LogP contribution in [0.3, 0.4) is 0 Å². The maximum atomic E-state index is 11.9. The Balaban J connectivity index is 1.97. The van der Waals surface area contributed by atoms with Crippen LogP contribution >= 0.6 is 0 Å². The lowest BCUT2D eigenvalue weighted by molar-refractivity contribution is -0.131. The number of likely N-dealkylation sites (tertiary alicyclic amines) is 1. The average Bonchev–Trinajstić information content (AvgIpc) is 2.62. The van der Waals surface area contributed by atoms with E-state index in [-0.39, 0.29) is 0 Å². The van der Waals surface area contributed by atoms with Gasteiger partial charge in [-0.25, -0.2) is 0 Å². The Morgan fingerprint density at radius 1 is 1.38 bits per heavy atom. The van der Waals surface area contributed by atoms with Crippen molar-refractivity contribution < 1.29 is 4.79 Å². The van der Waals surface area contributed by atoms with E-state index in [1.807, 2.05) is 0 Å². The number of piperidine rings is 1. The molecule has 16 heavy (non-hydrogen) atoms. The normalized spacial score (nSPS) is 29.0. The fraction of sp³-hybridized carbons (Fsp3) is 0.917. The molecule has 4 heteroatoms. The van der Waals surface area contributed by atoms with E-state index in [9.17, 15) is 4.79 Å². The van der Waals surface area contributed by atoms with Crippen LogP contribution < -0.4 is 5.32 Å². The maximum absolute atomic E-state index is 11.9. The van der Waals surface area contributed by atoms with Crippen LogP contribution in [0.5, 0.6) is 0 Å². The summed E-state index contributed by atoms with van der Waals surface area (Å²) in [4.78, 5) is 16.4. The molecule has 1 amide bonds. The van der Waals surface area contributed by atoms with Crippen molar-refractivity contribution in [2.24, 2.45) is 0 Å². The van der Waals surface area contributed by atoms with Crippen molar-refractivity contribution in [2.45, 2.75) is 44.8 Å². The Kier molecular flexibility index (Phi) is 3.82. The molecule has 0 aliphatic carbocycles. The highest BCUT2D eigenvalue weighted by Crippen LogP contribution is 2.22. The van der Waals surface area contributed by atoms with Gasteiger partial charge in [-0.3, -0.25) is 10.1 Å². The first-order valence-electron chi connectivity index (χ1n) is 6.45. The standard InChI is InChI=1S/C12H23N3O/c1-3-4-11-13-9-12(16)15(11)10-5-7-14(2)8-6-10/h10-11,13H,3-9H2,1-2H3. The molecule has 0 bridgehead atoms. The Labute approximate surface area is 98.0 Å². The first-order chi connectivity index (χ1) is 7.72. The quantitative estimate of drug-likeness (QED) is 0.765. The SMILES string of the molecule is CCCC1NCC(=O)N1C1CCN(C)CC1. The first kappa shape index (κ1) is 11.9. The molecule has 2 aliphatic heterocycles. The number of carbonyl (C=O) groups excluding carboxylic acids is 1. The predicted molar refractivity (Wildman–Crippen MR) is 64.1 cm³/mol. The minimum absolute atomic E-state index is 0.297. The number of nitrogens with zero attached hydrogens (tertiary/aromatic N) is 2. The minimum Gasteiger partial charge on any atom is -0.323 e. The van der Waals surface area contributed by atoms with Gasteiger partial charge in [0.25, 0.3) is 0 Å². The van der Waals surface area contributed by atoms with Crippen LogP contribution in [0.4, 0.5) is 0 Å². The molecule has 4 nitrogen and oxygen atoms in total. The van der Waals surface area contributed by atoms with Gasteiger partial charge in [0.1, 0.15) is 0 Å². The highest BCUT2D eigenvalue weighted by Gasteiger charge is 2.36. The maximum Gasteiger partial charge on any atom is 0.238 e. The van der Waals surface area contributed by atoms with E-state index >= 15 is 0 Å². The summed E-state index contributed by atoms with van der Waals surface area (Å²) in [5.74, 6) is 0.299. The molecule has 0 radical (unpaired) electrons. The van der Waals surface area contributed by atoms with Gasteiger partial charge in [0.2, 0.25) is 5.91 Å². The molecular formula is C12H23N3O. The molecule has 1 N–H and O–H groups in total. The van der Waals surface area contributed by atoms with E-state index in [1.54, 1.807) is 0 Å². The van der Waals surface area contributed by atoms with E-state index in [0.717, 1.165) is 38.8 Å². The molecule has 2 aliphatic rings. The van der Waals surface area contributed by atoms with Gasteiger partial charge in [-0.1, -0.05) is 13.3 Å². The number of hydrogen-bond acceptors (Lipinski definition) is 3. The van der Waals surface area contributed by atoms with Crippen molar-refractivity contribution in [3.63, 3.8) is 0 Å². The molecule has 0 saturated carbocycles. The van der Waals surface area contributed by atoms with Crippen LogP contribution in [0.25, 0.3) is 0 Å². The fourth-order valence-electron chi connectivity index (χ4n) is 2.81. The van der Waals surface area contributed by atoms with Gasteiger partial charge in [-0.2, -0.15) is 0 Å². The second-order valence-electron chi connectivity index (χ2n) is 5.02. The molecule has 0 aromatic carbocycles. The van der Waals surface area contributed by atoms with Gasteiger partial charge in [-0.15, -0.1) is 0 Å². The van der Waals surface area contributed by atoms with E-state index in [1.165, 1.54) is 0 Å². The van der Waals surface area contributed by atoms with Crippen LogP contribution in [-0.4, -0.2) is 54.6 Å². The van der Waals surface area contributed by atoms with Gasteiger partial charge in [0, 0.05) is 6.04 Å². The third kappa shape index (κ3) is 2.38. The largest absolute Gasteiger partial charge is 0.323 e. The lowest BCUT2D eigenvalue weighted by atomic mass is 10.0. The van der Waals surface area contributed by atoms with Gasteiger partial charge in [0.15, 0.2) is 0 Å². The number of amides is 1. The number of hydrogen-bond donors (Lipinski definition) is 1. The minimum atomic E-state index is 0.297. The zero-order chi connectivity index (χ0) is 11.5. The van der Waals surface area contributed by atoms with Crippen LogP contribution in [0.1, 0.15) is 32.6 Å². The molecule has 1 atom stereocenters. The van der Waals surface area contributed by atoms with E-state index < -0.39 is 0 Å². The summed E-state index contributed by atoms with van der Waals surface area (Å²) in [6, 6.07) is 0.468. The van der Waals surface area contributed by atoms with Crippen LogP contribution in [0.15, 0.2) is 0 Å². The van der Waals surface area contributed by atoms with Crippen LogP contribution in [0.2, 0.25) is 0 Å². The van der Waals surface area contributed by atoms with E-state index in [0.29, 0.717) is 24.7 Å². The van der Waals surface area contributed by atoms with Crippen molar-refractivity contribution in [1.29, 1.82) is 0 Å². The molecule has 2 fully saturated rings. The van der Waals surface area contributed by atoms with E-state index in [2.05, 4.69) is 29.1 Å². The monoisotopic (exact) mass is 225 g/mol. The van der Waals surface area contributed by atoms with Crippen LogP contribution in [0, 0.1) is 0 Å². The predicted octanol–water partition coefficient (Wildman–Crippen LogP) is 0.639. The summed E-state index contributed by atoms with van der Waals surface area (Å²) in [5, 5.41) is 3.33. The topological polar surface area (TPSA) is 35.6 Å². The van der Waals surface area contributed by atoms with Gasteiger partial charge in [0.05, 0.1) is 12.7 Å². The molecule has 2 saturated heterocycles. The van der Waals surface area contributed by atoms with Crippen molar-refractivity contribution in [2.75, 3.05) is 26.7 Å². The summed E-state index contributed by atoms with van der Waals surface area (Å²) in [7, 11) is 2.16. The summed E-state index contributed by atoms with van der Waals surface area (Å²) in [6.45, 7) is 4.95. The second-order valence-corrected chi connectivity index (χ2v) is 5.02. The first-order valence-corrected chi connectivity index (χ1v) is 6.45. The Bertz CT molecular complexity index is 249. The van der Waals surface area contributed by atoms with Crippen LogP contribution in [-0.2, 0) is 4.79 Å².